The Balaban J connectivity index is 1.88. The smallest absolute Gasteiger partial charge is 0.306 e. The van der Waals surface area contributed by atoms with E-state index in [0.717, 1.165) is 36.0 Å². The van der Waals surface area contributed by atoms with Gasteiger partial charge in [-0.1, -0.05) is 36.4 Å². The van der Waals surface area contributed by atoms with E-state index in [1.807, 2.05) is 42.5 Å². The number of hydrogen-bond donors (Lipinski definition) is 2. The first-order valence-corrected chi connectivity index (χ1v) is 6.14. The maximum absolute atomic E-state index is 12.0. The summed E-state index contributed by atoms with van der Waals surface area (Å²) < 4.78 is 0. The summed E-state index contributed by atoms with van der Waals surface area (Å²) in [6.45, 7) is 1.62. The number of hydrogen-bond acceptors (Lipinski definition) is 2. The maximum atomic E-state index is 12.0. The van der Waals surface area contributed by atoms with Gasteiger partial charge in [0.15, 0.2) is 0 Å². The van der Waals surface area contributed by atoms with Crippen LogP contribution in [0.25, 0.3) is 10.8 Å². The molecule has 2 aromatic carbocycles. The van der Waals surface area contributed by atoms with Gasteiger partial charge >= 0.3 is 6.03 Å². The van der Waals surface area contributed by atoms with Crippen molar-refractivity contribution in [2.24, 2.45) is 0 Å². The lowest BCUT2D eigenvalue weighted by atomic mass is 10.1. The third-order valence-corrected chi connectivity index (χ3v) is 3.14. The van der Waals surface area contributed by atoms with Crippen LogP contribution in [0.3, 0.4) is 0 Å². The molecule has 0 unspecified atom stereocenters. The van der Waals surface area contributed by atoms with E-state index in [-0.39, 0.29) is 6.03 Å². The van der Waals surface area contributed by atoms with Crippen LogP contribution < -0.4 is 10.7 Å². The summed E-state index contributed by atoms with van der Waals surface area (Å²) in [5.74, 6) is 0. The van der Waals surface area contributed by atoms with Gasteiger partial charge < -0.3 is 5.32 Å². The summed E-state index contributed by atoms with van der Waals surface area (Å²) in [7, 11) is 0. The van der Waals surface area contributed by atoms with E-state index in [9.17, 15) is 4.79 Å². The molecule has 1 aliphatic heterocycles. The minimum atomic E-state index is -0.0937. The van der Waals surface area contributed by atoms with Gasteiger partial charge in [-0.15, -0.1) is 0 Å². The molecule has 1 saturated heterocycles. The van der Waals surface area contributed by atoms with E-state index in [0.29, 0.717) is 0 Å². The molecule has 0 saturated carbocycles. The molecule has 0 radical (unpaired) electrons. The van der Waals surface area contributed by atoms with E-state index in [1.54, 1.807) is 5.01 Å². The number of benzene rings is 2. The summed E-state index contributed by atoms with van der Waals surface area (Å²) in [6, 6.07) is 13.9. The Hall–Kier alpha value is -2.07. The van der Waals surface area contributed by atoms with Crippen LogP contribution in [0.4, 0.5) is 10.5 Å². The first kappa shape index (κ1) is 11.0. The molecule has 0 aliphatic carbocycles. The van der Waals surface area contributed by atoms with Crippen molar-refractivity contribution >= 4 is 22.5 Å². The Morgan fingerprint density at radius 3 is 2.83 bits per heavy atom. The molecule has 2 amide bonds. The molecular formula is C14H15N3O. The van der Waals surface area contributed by atoms with E-state index >= 15 is 0 Å². The second-order valence-corrected chi connectivity index (χ2v) is 4.37. The number of anilines is 1. The topological polar surface area (TPSA) is 44.4 Å². The summed E-state index contributed by atoms with van der Waals surface area (Å²) in [4.78, 5) is 12.0. The van der Waals surface area contributed by atoms with Crippen molar-refractivity contribution in [2.45, 2.75) is 6.42 Å². The first-order chi connectivity index (χ1) is 8.84. The maximum Gasteiger partial charge on any atom is 0.336 e. The Morgan fingerprint density at radius 2 is 2.00 bits per heavy atom. The molecular weight excluding hydrogens is 226 g/mol. The fourth-order valence-electron chi connectivity index (χ4n) is 2.22. The summed E-state index contributed by atoms with van der Waals surface area (Å²) in [5, 5.41) is 6.77. The number of urea groups is 1. The number of amides is 2. The van der Waals surface area contributed by atoms with Crippen molar-refractivity contribution in [1.29, 1.82) is 0 Å². The molecule has 0 spiro atoms. The van der Waals surface area contributed by atoms with E-state index < -0.39 is 0 Å². The van der Waals surface area contributed by atoms with Crippen molar-refractivity contribution in [3.63, 3.8) is 0 Å². The van der Waals surface area contributed by atoms with Gasteiger partial charge in [0.2, 0.25) is 0 Å². The van der Waals surface area contributed by atoms with Crippen LogP contribution in [-0.4, -0.2) is 24.1 Å². The summed E-state index contributed by atoms with van der Waals surface area (Å²) >= 11 is 0. The zero-order valence-electron chi connectivity index (χ0n) is 10.0. The molecule has 92 valence electrons. The van der Waals surface area contributed by atoms with Crippen molar-refractivity contribution in [2.75, 3.05) is 18.4 Å². The van der Waals surface area contributed by atoms with E-state index in [2.05, 4.69) is 10.7 Å². The first-order valence-electron chi connectivity index (χ1n) is 6.14. The Morgan fingerprint density at radius 1 is 1.17 bits per heavy atom. The van der Waals surface area contributed by atoms with Crippen LogP contribution in [0.15, 0.2) is 42.5 Å². The summed E-state index contributed by atoms with van der Waals surface area (Å²) in [6.07, 6.45) is 1.00. The number of nitrogens with zero attached hydrogens (tertiary/aromatic N) is 1. The van der Waals surface area contributed by atoms with Gasteiger partial charge in [0.25, 0.3) is 0 Å². The molecule has 4 heteroatoms. The highest BCUT2D eigenvalue weighted by Gasteiger charge is 2.17. The molecule has 0 bridgehead atoms. The molecule has 1 aliphatic rings. The molecule has 0 atom stereocenters. The lowest BCUT2D eigenvalue weighted by Crippen LogP contribution is -2.40. The largest absolute Gasteiger partial charge is 0.336 e. The predicted molar refractivity (Wildman–Crippen MR) is 72.3 cm³/mol. The number of carbonyl (C=O) groups is 1. The average Bonchev–Trinajstić information content (AvgIpc) is 2.93. The van der Waals surface area contributed by atoms with Crippen LogP contribution in [-0.2, 0) is 0 Å². The standard InChI is InChI=1S/C14H15N3O/c18-14(17-10-4-9-15-17)16-13-8-3-6-11-5-1-2-7-12(11)13/h1-3,5-8,15H,4,9-10H2,(H,16,18). The third kappa shape index (κ3) is 2.02. The highest BCUT2D eigenvalue weighted by molar-refractivity contribution is 6.01. The quantitative estimate of drug-likeness (QED) is 0.806. The molecule has 1 heterocycles. The number of nitrogens with one attached hydrogen (secondary N) is 2. The van der Waals surface area contributed by atoms with Crippen LogP contribution in [0.1, 0.15) is 6.42 Å². The van der Waals surface area contributed by atoms with Gasteiger partial charge in [0, 0.05) is 18.5 Å². The molecule has 4 nitrogen and oxygen atoms in total. The fraction of sp³-hybridized carbons (Fsp3) is 0.214. The van der Waals surface area contributed by atoms with Gasteiger partial charge in [-0.3, -0.25) is 5.01 Å². The average molecular weight is 241 g/mol. The van der Waals surface area contributed by atoms with E-state index in [4.69, 9.17) is 0 Å². The minimum absolute atomic E-state index is 0.0937. The SMILES string of the molecule is O=C(Nc1cccc2ccccc12)N1CCCN1. The van der Waals surface area contributed by atoms with Crippen LogP contribution in [0.5, 0.6) is 0 Å². The lowest BCUT2D eigenvalue weighted by Gasteiger charge is -2.17. The number of hydrazine groups is 1. The van der Waals surface area contributed by atoms with Crippen molar-refractivity contribution in [3.8, 4) is 0 Å². The van der Waals surface area contributed by atoms with Gasteiger partial charge in [-0.2, -0.15) is 0 Å². The Kier molecular flexibility index (Phi) is 2.86. The molecule has 2 aromatic rings. The molecule has 0 aromatic heterocycles. The Bertz CT molecular complexity index is 571. The number of fused-ring (bicyclic) bond motifs is 1. The lowest BCUT2D eigenvalue weighted by molar-refractivity contribution is 0.205. The number of rotatable bonds is 1. The highest BCUT2D eigenvalue weighted by Crippen LogP contribution is 2.23. The molecule has 2 N–H and O–H groups in total. The second-order valence-electron chi connectivity index (χ2n) is 4.37. The zero-order chi connectivity index (χ0) is 12.4. The van der Waals surface area contributed by atoms with Crippen LogP contribution >= 0.6 is 0 Å². The van der Waals surface area contributed by atoms with Crippen molar-refractivity contribution in [1.82, 2.24) is 10.4 Å². The van der Waals surface area contributed by atoms with Crippen molar-refractivity contribution < 1.29 is 4.79 Å². The normalized spacial score (nSPS) is 15.0. The van der Waals surface area contributed by atoms with Crippen LogP contribution in [0.2, 0.25) is 0 Å². The number of carbonyl (C=O) groups excluding carboxylic acids is 1. The van der Waals surface area contributed by atoms with Gasteiger partial charge in [-0.25, -0.2) is 10.2 Å². The molecule has 3 rings (SSSR count). The highest BCUT2D eigenvalue weighted by atomic mass is 16.2. The van der Waals surface area contributed by atoms with Crippen molar-refractivity contribution in [3.05, 3.63) is 42.5 Å². The van der Waals surface area contributed by atoms with Crippen LogP contribution in [0, 0.1) is 0 Å². The monoisotopic (exact) mass is 241 g/mol. The summed E-state index contributed by atoms with van der Waals surface area (Å²) in [5.41, 5.74) is 3.90. The third-order valence-electron chi connectivity index (χ3n) is 3.14. The zero-order valence-corrected chi connectivity index (χ0v) is 10.0. The fourth-order valence-corrected chi connectivity index (χ4v) is 2.22. The Labute approximate surface area is 106 Å². The van der Waals surface area contributed by atoms with Gasteiger partial charge in [-0.05, 0) is 17.9 Å². The van der Waals surface area contributed by atoms with E-state index in [1.165, 1.54) is 0 Å². The molecule has 18 heavy (non-hydrogen) atoms. The second kappa shape index (κ2) is 4.66. The molecule has 1 fully saturated rings. The minimum Gasteiger partial charge on any atom is -0.306 e. The van der Waals surface area contributed by atoms with Gasteiger partial charge in [0.05, 0.1) is 5.69 Å². The van der Waals surface area contributed by atoms with Gasteiger partial charge in [0.1, 0.15) is 0 Å². The predicted octanol–water partition coefficient (Wildman–Crippen LogP) is 2.58.